The van der Waals surface area contributed by atoms with Crippen molar-refractivity contribution in [2.24, 2.45) is 28.6 Å². The highest BCUT2D eigenvalue weighted by Crippen LogP contribution is 2.64. The van der Waals surface area contributed by atoms with E-state index in [0.29, 0.717) is 29.3 Å². The van der Waals surface area contributed by atoms with Crippen LogP contribution in [0, 0.1) is 28.6 Å². The molecule has 5 nitrogen and oxygen atoms in total. The van der Waals surface area contributed by atoms with Gasteiger partial charge in [-0.3, -0.25) is 14.4 Å². The van der Waals surface area contributed by atoms with E-state index < -0.39 is 0 Å². The van der Waals surface area contributed by atoms with Crippen LogP contribution < -0.4 is 5.32 Å². The van der Waals surface area contributed by atoms with Crippen LogP contribution in [-0.2, 0) is 14.4 Å². The maximum Gasteiger partial charge on any atom is 0.245 e. The Hall–Kier alpha value is -1.75. The highest BCUT2D eigenvalue weighted by molar-refractivity contribution is 5.91. The second-order valence-corrected chi connectivity index (χ2v) is 9.29. The van der Waals surface area contributed by atoms with E-state index in [1.165, 1.54) is 18.4 Å². The maximum absolute atomic E-state index is 12.4. The lowest BCUT2D eigenvalue weighted by Gasteiger charge is -2.56. The molecule has 0 bridgehead atoms. The van der Waals surface area contributed by atoms with Gasteiger partial charge in [-0.25, -0.2) is 0 Å². The zero-order valence-corrected chi connectivity index (χ0v) is 17.1. The minimum absolute atomic E-state index is 0.0246. The molecule has 0 unspecified atom stereocenters. The number of carbonyl (C=O) groups excluding carboxylic acids is 3. The van der Waals surface area contributed by atoms with E-state index in [0.717, 1.165) is 44.6 Å². The van der Waals surface area contributed by atoms with Gasteiger partial charge in [0.05, 0.1) is 0 Å². The van der Waals surface area contributed by atoms with Crippen LogP contribution >= 0.6 is 0 Å². The summed E-state index contributed by atoms with van der Waals surface area (Å²) in [5.41, 5.74) is 1.64. The molecule has 4 aliphatic carbocycles. The molecule has 2 N–H and O–H groups in total. The molecule has 0 heterocycles. The maximum atomic E-state index is 12.4. The smallest absolute Gasteiger partial charge is 0.245 e. The van der Waals surface area contributed by atoms with Crippen molar-refractivity contribution >= 4 is 17.5 Å². The molecule has 154 valence electrons. The number of Topliss-reactive ketones (excluding diaryl/α,β-unsaturated/α-hetero) is 1. The van der Waals surface area contributed by atoms with Crippen LogP contribution in [0.2, 0.25) is 0 Å². The number of nitrogens with one attached hydrogen (secondary N) is 1. The van der Waals surface area contributed by atoms with Crippen LogP contribution in [0.25, 0.3) is 0 Å². The fraction of sp³-hybridized carbons (Fsp3) is 0.696. The molecule has 5 atom stereocenters. The number of allylic oxidation sites excluding steroid dienone is 1. The normalized spacial score (nSPS) is 38.8. The first kappa shape index (κ1) is 21.0. The predicted octanol–water partition coefficient (Wildman–Crippen LogP) is 3.33. The van der Waals surface area contributed by atoms with Crippen LogP contribution in [0.15, 0.2) is 24.3 Å². The van der Waals surface area contributed by atoms with Gasteiger partial charge >= 0.3 is 0 Å². The van der Waals surface area contributed by atoms with Gasteiger partial charge < -0.3 is 10.4 Å². The van der Waals surface area contributed by atoms with E-state index in [4.69, 9.17) is 5.11 Å². The van der Waals surface area contributed by atoms with Gasteiger partial charge in [0.2, 0.25) is 5.91 Å². The number of rotatable bonds is 2. The quantitative estimate of drug-likeness (QED) is 0.562. The number of hydrogen-bond acceptors (Lipinski definition) is 4. The van der Waals surface area contributed by atoms with Gasteiger partial charge in [0.15, 0.2) is 5.78 Å². The largest absolute Gasteiger partial charge is 0.376 e. The van der Waals surface area contributed by atoms with E-state index in [9.17, 15) is 14.4 Å². The summed E-state index contributed by atoms with van der Waals surface area (Å²) in [5.74, 6) is 2.52. The van der Waals surface area contributed by atoms with E-state index in [1.54, 1.807) is 0 Å². The highest BCUT2D eigenvalue weighted by Gasteiger charge is 2.58. The van der Waals surface area contributed by atoms with E-state index in [1.807, 2.05) is 6.08 Å². The minimum atomic E-state index is -0.359. The third-order valence-corrected chi connectivity index (χ3v) is 8.11. The van der Waals surface area contributed by atoms with Crippen LogP contribution in [0.1, 0.15) is 65.2 Å². The number of amides is 1. The van der Waals surface area contributed by atoms with Gasteiger partial charge in [-0.2, -0.15) is 0 Å². The summed E-state index contributed by atoms with van der Waals surface area (Å²) in [7, 11) is 0. The van der Waals surface area contributed by atoms with Crippen molar-refractivity contribution in [1.29, 1.82) is 0 Å². The summed E-state index contributed by atoms with van der Waals surface area (Å²) in [6.45, 7) is 7.47. The third kappa shape index (κ3) is 3.49. The van der Waals surface area contributed by atoms with Gasteiger partial charge in [0.25, 0.3) is 0 Å². The fourth-order valence-corrected chi connectivity index (χ4v) is 6.48. The second kappa shape index (κ2) is 7.94. The number of carbonyl (C=O) groups is 3. The first-order valence-corrected chi connectivity index (χ1v) is 10.5. The highest BCUT2D eigenvalue weighted by atomic mass is 16.3. The Morgan fingerprint density at radius 2 is 1.86 bits per heavy atom. The molecule has 3 saturated carbocycles. The van der Waals surface area contributed by atoms with Gasteiger partial charge in [0, 0.05) is 18.3 Å². The van der Waals surface area contributed by atoms with Crippen molar-refractivity contribution in [2.75, 3.05) is 6.73 Å². The van der Waals surface area contributed by atoms with Gasteiger partial charge in [-0.15, -0.1) is 0 Å². The number of fused-ring (bicyclic) bond motifs is 5. The number of hydrogen-bond donors (Lipinski definition) is 2. The molecule has 0 aromatic rings. The topological polar surface area (TPSA) is 83.5 Å². The van der Waals surface area contributed by atoms with Crippen molar-refractivity contribution in [1.82, 2.24) is 5.32 Å². The zero-order chi connectivity index (χ0) is 20.5. The summed E-state index contributed by atoms with van der Waals surface area (Å²) in [6, 6.07) is 0. The van der Waals surface area contributed by atoms with Crippen LogP contribution in [0.5, 0.6) is 0 Å². The Morgan fingerprint density at radius 3 is 2.50 bits per heavy atom. The summed E-state index contributed by atoms with van der Waals surface area (Å²) in [4.78, 5) is 34.2. The van der Waals surface area contributed by atoms with E-state index in [2.05, 4.69) is 25.7 Å². The Morgan fingerprint density at radius 1 is 1.14 bits per heavy atom. The minimum Gasteiger partial charge on any atom is -0.376 e. The van der Waals surface area contributed by atoms with Crippen LogP contribution in [0.4, 0.5) is 0 Å². The zero-order valence-electron chi connectivity index (χ0n) is 17.1. The molecule has 0 saturated heterocycles. The van der Waals surface area contributed by atoms with Crippen molar-refractivity contribution in [3.8, 4) is 0 Å². The van der Waals surface area contributed by atoms with Gasteiger partial charge in [0.1, 0.15) is 12.5 Å². The molecule has 0 aromatic carbocycles. The molecule has 28 heavy (non-hydrogen) atoms. The van der Waals surface area contributed by atoms with Crippen LogP contribution in [0.3, 0.4) is 0 Å². The number of ketones is 2. The third-order valence-electron chi connectivity index (χ3n) is 8.11. The van der Waals surface area contributed by atoms with Crippen molar-refractivity contribution < 1.29 is 19.5 Å². The Balaban J connectivity index is 0.000000279. The lowest BCUT2D eigenvalue weighted by molar-refractivity contribution is -0.132. The standard InChI is InChI=1S/C19H26O2.C4H7NO2/c1-18-9-7-13(20)11-12(18)3-4-14-15-5-6-17(21)19(15,2)10-8-16(14)18;1-2-4(7)5-3-6/h11,14-16H,3-10H2,1-2H3;2,6H,1,3H2,(H,5,7)/t14-,15-,16-,18-,19-;/m0./s1. The molecule has 0 aliphatic heterocycles. The molecule has 0 spiro atoms. The molecular weight excluding hydrogens is 354 g/mol. The first-order valence-electron chi connectivity index (χ1n) is 10.5. The first-order chi connectivity index (χ1) is 13.3. The summed E-state index contributed by atoms with van der Waals surface area (Å²) >= 11 is 0. The van der Waals surface area contributed by atoms with E-state index in [-0.39, 0.29) is 23.5 Å². The second-order valence-electron chi connectivity index (χ2n) is 9.29. The predicted molar refractivity (Wildman–Crippen MR) is 107 cm³/mol. The lowest BCUT2D eigenvalue weighted by atomic mass is 9.47. The molecular formula is C23H33NO4. The molecule has 4 rings (SSSR count). The van der Waals surface area contributed by atoms with Crippen molar-refractivity contribution in [2.45, 2.75) is 65.2 Å². The summed E-state index contributed by atoms with van der Waals surface area (Å²) < 4.78 is 0. The summed E-state index contributed by atoms with van der Waals surface area (Å²) in [6.07, 6.45) is 11.3. The average Bonchev–Trinajstić information content (AvgIpc) is 2.98. The average molecular weight is 388 g/mol. The molecule has 0 radical (unpaired) electrons. The molecule has 4 aliphatic rings. The summed E-state index contributed by atoms with van der Waals surface area (Å²) in [5, 5.41) is 10.1. The van der Waals surface area contributed by atoms with Crippen molar-refractivity contribution in [3.63, 3.8) is 0 Å². The lowest BCUT2D eigenvalue weighted by Crippen LogP contribution is -2.50. The Kier molecular flexibility index (Phi) is 5.95. The molecule has 3 fully saturated rings. The Labute approximate surface area is 167 Å². The van der Waals surface area contributed by atoms with Crippen LogP contribution in [-0.4, -0.2) is 29.3 Å². The van der Waals surface area contributed by atoms with Gasteiger partial charge in [-0.1, -0.05) is 26.0 Å². The number of aliphatic hydroxyl groups is 1. The Bertz CT molecular complexity index is 711. The van der Waals surface area contributed by atoms with E-state index >= 15 is 0 Å². The monoisotopic (exact) mass is 387 g/mol. The fourth-order valence-electron chi connectivity index (χ4n) is 6.48. The molecule has 1 amide bonds. The van der Waals surface area contributed by atoms with Gasteiger partial charge in [-0.05, 0) is 73.8 Å². The molecule has 5 heteroatoms. The van der Waals surface area contributed by atoms with Crippen molar-refractivity contribution in [3.05, 3.63) is 24.3 Å². The SMILES string of the molecule is C=CC(=O)NCO.C[C@]12CCC(=O)C=C1CC[C@@H]1[C@@H]2CC[C@]2(C)C(=O)CC[C@@H]12. The number of aliphatic hydroxyl groups excluding tert-OH is 1. The molecule has 0 aromatic heterocycles.